The van der Waals surface area contributed by atoms with Gasteiger partial charge in [-0.05, 0) is 46.8 Å². The quantitative estimate of drug-likeness (QED) is 0.919. The molecule has 0 heterocycles. The van der Waals surface area contributed by atoms with E-state index in [9.17, 15) is 4.79 Å². The first-order valence-corrected chi connectivity index (χ1v) is 7.63. The number of hydrogen-bond donors (Lipinski definition) is 1. The van der Waals surface area contributed by atoms with Gasteiger partial charge in [0.1, 0.15) is 5.75 Å². The molecule has 0 saturated heterocycles. The number of benzene rings is 1. The maximum Gasteiger partial charge on any atom is 0.258 e. The van der Waals surface area contributed by atoms with E-state index in [4.69, 9.17) is 4.74 Å². The number of rotatable bonds is 4. The Morgan fingerprint density at radius 3 is 2.84 bits per heavy atom. The zero-order valence-corrected chi connectivity index (χ0v) is 12.8. The Morgan fingerprint density at radius 1 is 1.37 bits per heavy atom. The summed E-state index contributed by atoms with van der Waals surface area (Å²) < 4.78 is 6.39. The van der Waals surface area contributed by atoms with Crippen molar-refractivity contribution in [3.05, 3.63) is 28.7 Å². The maximum absolute atomic E-state index is 11.9. The molecule has 1 aliphatic rings. The van der Waals surface area contributed by atoms with E-state index in [0.29, 0.717) is 17.7 Å². The van der Waals surface area contributed by atoms with Gasteiger partial charge in [-0.3, -0.25) is 4.79 Å². The Bertz CT molecular complexity index is 436. The van der Waals surface area contributed by atoms with Crippen LogP contribution in [0.1, 0.15) is 32.6 Å². The summed E-state index contributed by atoms with van der Waals surface area (Å²) in [5, 5.41) is 3.08. The summed E-state index contributed by atoms with van der Waals surface area (Å²) in [6.45, 7) is 2.28. The number of ether oxygens (including phenoxy) is 1. The van der Waals surface area contributed by atoms with Gasteiger partial charge >= 0.3 is 0 Å². The van der Waals surface area contributed by atoms with Gasteiger partial charge in [-0.25, -0.2) is 0 Å². The van der Waals surface area contributed by atoms with E-state index < -0.39 is 0 Å². The molecule has 104 valence electrons. The maximum atomic E-state index is 11.9. The Labute approximate surface area is 122 Å². The molecule has 1 fully saturated rings. The van der Waals surface area contributed by atoms with Crippen molar-refractivity contribution in [3.8, 4) is 5.75 Å². The SMILES string of the molecule is C[C@@H]1CCCC[C@@H]1NC(=O)COc1ccccc1Br. The van der Waals surface area contributed by atoms with Crippen molar-refractivity contribution in [2.45, 2.75) is 38.6 Å². The van der Waals surface area contributed by atoms with Gasteiger partial charge in [0.25, 0.3) is 5.91 Å². The van der Waals surface area contributed by atoms with Gasteiger partial charge < -0.3 is 10.1 Å². The topological polar surface area (TPSA) is 38.3 Å². The Balaban J connectivity index is 1.80. The Kier molecular flexibility index (Phi) is 5.25. The third-order valence-corrected chi connectivity index (χ3v) is 4.31. The number of carbonyl (C=O) groups is 1. The van der Waals surface area contributed by atoms with E-state index >= 15 is 0 Å². The molecule has 0 spiro atoms. The fourth-order valence-corrected chi connectivity index (χ4v) is 2.88. The van der Waals surface area contributed by atoms with E-state index in [1.165, 1.54) is 19.3 Å². The molecule has 1 aliphatic carbocycles. The van der Waals surface area contributed by atoms with Crippen molar-refractivity contribution in [1.29, 1.82) is 0 Å². The first-order chi connectivity index (χ1) is 9.16. The van der Waals surface area contributed by atoms with Gasteiger partial charge in [-0.15, -0.1) is 0 Å². The fourth-order valence-electron chi connectivity index (χ4n) is 2.48. The summed E-state index contributed by atoms with van der Waals surface area (Å²) in [5.41, 5.74) is 0. The molecular weight excluding hydrogens is 306 g/mol. The van der Waals surface area contributed by atoms with Crippen LogP contribution >= 0.6 is 15.9 Å². The van der Waals surface area contributed by atoms with Crippen LogP contribution in [0.3, 0.4) is 0 Å². The molecule has 0 unspecified atom stereocenters. The van der Waals surface area contributed by atoms with Crippen LogP contribution in [0, 0.1) is 5.92 Å². The molecule has 1 aromatic rings. The highest BCUT2D eigenvalue weighted by Crippen LogP contribution is 2.25. The molecule has 0 aliphatic heterocycles. The second-order valence-electron chi connectivity index (χ2n) is 5.15. The van der Waals surface area contributed by atoms with Crippen LogP contribution in [0.15, 0.2) is 28.7 Å². The van der Waals surface area contributed by atoms with Crippen LogP contribution in [-0.4, -0.2) is 18.6 Å². The monoisotopic (exact) mass is 325 g/mol. The minimum atomic E-state index is -0.0329. The molecule has 0 aromatic heterocycles. The van der Waals surface area contributed by atoms with Crippen LogP contribution in [0.2, 0.25) is 0 Å². The molecule has 4 heteroatoms. The van der Waals surface area contributed by atoms with E-state index in [1.54, 1.807) is 0 Å². The lowest BCUT2D eigenvalue weighted by Crippen LogP contribution is -2.43. The molecule has 1 N–H and O–H groups in total. The highest BCUT2D eigenvalue weighted by Gasteiger charge is 2.22. The average Bonchev–Trinajstić information content (AvgIpc) is 2.40. The number of halogens is 1. The summed E-state index contributed by atoms with van der Waals surface area (Å²) in [7, 11) is 0. The third kappa shape index (κ3) is 4.23. The van der Waals surface area contributed by atoms with Crippen LogP contribution in [0.25, 0.3) is 0 Å². The lowest BCUT2D eigenvalue weighted by Gasteiger charge is -2.29. The second-order valence-corrected chi connectivity index (χ2v) is 6.01. The number of amides is 1. The minimum absolute atomic E-state index is 0.0329. The summed E-state index contributed by atoms with van der Waals surface area (Å²) in [4.78, 5) is 11.9. The van der Waals surface area contributed by atoms with Gasteiger partial charge in [-0.2, -0.15) is 0 Å². The van der Waals surface area contributed by atoms with Crippen molar-refractivity contribution in [2.75, 3.05) is 6.61 Å². The standard InChI is InChI=1S/C15H20BrNO2/c1-11-6-2-4-8-13(11)17-15(18)10-19-14-9-5-3-7-12(14)16/h3,5,7,9,11,13H,2,4,6,8,10H2,1H3,(H,17,18)/t11-,13+/m1/s1. The summed E-state index contributed by atoms with van der Waals surface area (Å²) in [6.07, 6.45) is 4.78. The van der Waals surface area contributed by atoms with E-state index in [2.05, 4.69) is 28.2 Å². The first-order valence-electron chi connectivity index (χ1n) is 6.83. The molecular formula is C15H20BrNO2. The van der Waals surface area contributed by atoms with Crippen molar-refractivity contribution < 1.29 is 9.53 Å². The number of para-hydroxylation sites is 1. The van der Waals surface area contributed by atoms with Crippen molar-refractivity contribution in [1.82, 2.24) is 5.32 Å². The van der Waals surface area contributed by atoms with Crippen molar-refractivity contribution in [2.24, 2.45) is 5.92 Å². The predicted octanol–water partition coefficient (Wildman–Crippen LogP) is 3.52. The van der Waals surface area contributed by atoms with Gasteiger partial charge in [0.2, 0.25) is 0 Å². The molecule has 1 aromatic carbocycles. The van der Waals surface area contributed by atoms with Crippen molar-refractivity contribution >= 4 is 21.8 Å². The fraction of sp³-hybridized carbons (Fsp3) is 0.533. The third-order valence-electron chi connectivity index (χ3n) is 3.65. The Hall–Kier alpha value is -1.03. The van der Waals surface area contributed by atoms with Gasteiger partial charge in [0.05, 0.1) is 4.47 Å². The van der Waals surface area contributed by atoms with Crippen molar-refractivity contribution in [3.63, 3.8) is 0 Å². The first kappa shape index (κ1) is 14.4. The molecule has 0 bridgehead atoms. The lowest BCUT2D eigenvalue weighted by atomic mass is 9.86. The van der Waals surface area contributed by atoms with Crippen LogP contribution in [0.5, 0.6) is 5.75 Å². The zero-order chi connectivity index (χ0) is 13.7. The summed E-state index contributed by atoms with van der Waals surface area (Å²) in [5.74, 6) is 1.24. The van der Waals surface area contributed by atoms with Gasteiger partial charge in [-0.1, -0.05) is 31.9 Å². The Morgan fingerprint density at radius 2 is 2.11 bits per heavy atom. The van der Waals surface area contributed by atoms with E-state index in [0.717, 1.165) is 10.9 Å². The van der Waals surface area contributed by atoms with Gasteiger partial charge in [0.15, 0.2) is 6.61 Å². The molecule has 19 heavy (non-hydrogen) atoms. The zero-order valence-electron chi connectivity index (χ0n) is 11.2. The molecule has 2 rings (SSSR count). The molecule has 1 saturated carbocycles. The molecule has 3 nitrogen and oxygen atoms in total. The highest BCUT2D eigenvalue weighted by molar-refractivity contribution is 9.10. The molecule has 2 atom stereocenters. The number of nitrogens with one attached hydrogen (secondary N) is 1. The smallest absolute Gasteiger partial charge is 0.258 e. The number of carbonyl (C=O) groups excluding carboxylic acids is 1. The highest BCUT2D eigenvalue weighted by atomic mass is 79.9. The summed E-state index contributed by atoms with van der Waals surface area (Å²) >= 11 is 3.40. The predicted molar refractivity (Wildman–Crippen MR) is 79.2 cm³/mol. The van der Waals surface area contributed by atoms with Crippen LogP contribution in [0.4, 0.5) is 0 Å². The van der Waals surface area contributed by atoms with E-state index in [-0.39, 0.29) is 12.5 Å². The average molecular weight is 326 g/mol. The van der Waals surface area contributed by atoms with Crippen LogP contribution < -0.4 is 10.1 Å². The second kappa shape index (κ2) is 6.94. The van der Waals surface area contributed by atoms with Gasteiger partial charge in [0, 0.05) is 6.04 Å². The van der Waals surface area contributed by atoms with Crippen LogP contribution in [-0.2, 0) is 4.79 Å². The summed E-state index contributed by atoms with van der Waals surface area (Å²) in [6, 6.07) is 7.86. The van der Waals surface area contributed by atoms with E-state index in [1.807, 2.05) is 24.3 Å². The lowest BCUT2D eigenvalue weighted by molar-refractivity contribution is -0.124. The molecule has 0 radical (unpaired) electrons. The normalized spacial score (nSPS) is 22.8. The molecule has 1 amide bonds. The largest absolute Gasteiger partial charge is 0.483 e. The number of hydrogen-bond acceptors (Lipinski definition) is 2. The minimum Gasteiger partial charge on any atom is -0.483 e.